The molecule has 0 aromatic carbocycles. The second-order valence-electron chi connectivity index (χ2n) is 4.62. The summed E-state index contributed by atoms with van der Waals surface area (Å²) in [5.74, 6) is 1.66. The van der Waals surface area contributed by atoms with Gasteiger partial charge in [-0.15, -0.1) is 0 Å². The van der Waals surface area contributed by atoms with Gasteiger partial charge in [0.15, 0.2) is 0 Å². The van der Waals surface area contributed by atoms with Gasteiger partial charge in [0.25, 0.3) is 0 Å². The van der Waals surface area contributed by atoms with Crippen molar-refractivity contribution in [2.24, 2.45) is 0 Å². The Morgan fingerprint density at radius 3 is 3.11 bits per heavy atom. The fourth-order valence-corrected chi connectivity index (χ4v) is 2.57. The summed E-state index contributed by atoms with van der Waals surface area (Å²) in [6.07, 6.45) is 3.93. The Morgan fingerprint density at radius 1 is 1.53 bits per heavy atom. The number of aromatic nitrogens is 2. The van der Waals surface area contributed by atoms with Crippen LogP contribution in [-0.4, -0.2) is 42.3 Å². The monoisotopic (exact) mass is 328 g/mol. The van der Waals surface area contributed by atoms with Crippen molar-refractivity contribution in [2.75, 3.05) is 36.5 Å². The topological polar surface area (TPSA) is 50.3 Å². The van der Waals surface area contributed by atoms with E-state index in [0.29, 0.717) is 12.0 Å². The molecule has 2 heterocycles. The molecule has 1 aromatic rings. The predicted octanol–water partition coefficient (Wildman–Crippen LogP) is 2.68. The minimum atomic E-state index is 0.388. The third-order valence-electron chi connectivity index (χ3n) is 3.23. The van der Waals surface area contributed by atoms with Gasteiger partial charge in [-0.2, -0.15) is 4.98 Å². The van der Waals surface area contributed by atoms with Crippen LogP contribution in [0.15, 0.2) is 10.7 Å². The number of ether oxygens (including phenoxy) is 1. The van der Waals surface area contributed by atoms with Crippen LogP contribution in [0.1, 0.15) is 26.7 Å². The molecular weight excluding hydrogens is 308 g/mol. The zero-order chi connectivity index (χ0) is 13.7. The third-order valence-corrected chi connectivity index (χ3v) is 3.79. The molecule has 6 heteroatoms. The number of hydrogen-bond acceptors (Lipinski definition) is 5. The molecular formula is C13H21BrN4O. The van der Waals surface area contributed by atoms with Crippen LogP contribution in [0.3, 0.4) is 0 Å². The van der Waals surface area contributed by atoms with Gasteiger partial charge in [-0.05, 0) is 28.8 Å². The van der Waals surface area contributed by atoms with Crippen LogP contribution in [0.4, 0.5) is 11.8 Å². The minimum Gasteiger partial charge on any atom is -0.377 e. The lowest BCUT2D eigenvalue weighted by atomic mass is 10.2. The molecule has 1 fully saturated rings. The molecule has 1 aliphatic heterocycles. The zero-order valence-electron chi connectivity index (χ0n) is 11.5. The molecule has 0 saturated carbocycles. The van der Waals surface area contributed by atoms with Crippen LogP contribution in [0, 0.1) is 0 Å². The molecule has 1 unspecified atom stereocenters. The maximum Gasteiger partial charge on any atom is 0.224 e. The summed E-state index contributed by atoms with van der Waals surface area (Å²) in [6.45, 7) is 7.59. The van der Waals surface area contributed by atoms with E-state index < -0.39 is 0 Å². The zero-order valence-corrected chi connectivity index (χ0v) is 13.1. The minimum absolute atomic E-state index is 0.388. The molecule has 106 valence electrons. The summed E-state index contributed by atoms with van der Waals surface area (Å²) in [5.41, 5.74) is 0. The Kier molecular flexibility index (Phi) is 5.39. The van der Waals surface area contributed by atoms with E-state index in [2.05, 4.69) is 50.0 Å². The van der Waals surface area contributed by atoms with Crippen molar-refractivity contribution in [1.82, 2.24) is 9.97 Å². The van der Waals surface area contributed by atoms with Crippen LogP contribution >= 0.6 is 15.9 Å². The van der Waals surface area contributed by atoms with Gasteiger partial charge in [0.2, 0.25) is 5.95 Å². The van der Waals surface area contributed by atoms with Crippen molar-refractivity contribution in [3.8, 4) is 0 Å². The molecule has 1 N–H and O–H groups in total. The lowest BCUT2D eigenvalue weighted by molar-refractivity contribution is 0.0925. The number of nitrogens with zero attached hydrogens (tertiary/aromatic N) is 3. The van der Waals surface area contributed by atoms with Crippen LogP contribution in [-0.2, 0) is 4.74 Å². The first-order valence-corrected chi connectivity index (χ1v) is 7.66. The number of halogens is 1. The maximum atomic E-state index is 5.54. The normalized spacial score (nSPS) is 19.5. The van der Waals surface area contributed by atoms with Gasteiger partial charge in [-0.25, -0.2) is 4.98 Å². The number of hydrogen-bond donors (Lipinski definition) is 1. The molecule has 0 radical (unpaired) electrons. The first-order chi connectivity index (χ1) is 9.26. The van der Waals surface area contributed by atoms with Crippen molar-refractivity contribution in [3.63, 3.8) is 0 Å². The smallest absolute Gasteiger partial charge is 0.224 e. The van der Waals surface area contributed by atoms with Gasteiger partial charge >= 0.3 is 0 Å². The summed E-state index contributed by atoms with van der Waals surface area (Å²) >= 11 is 3.56. The van der Waals surface area contributed by atoms with Crippen molar-refractivity contribution in [2.45, 2.75) is 32.7 Å². The highest BCUT2D eigenvalue weighted by Crippen LogP contribution is 2.28. The highest BCUT2D eigenvalue weighted by molar-refractivity contribution is 9.10. The summed E-state index contributed by atoms with van der Waals surface area (Å²) < 4.78 is 6.48. The molecule has 0 amide bonds. The third kappa shape index (κ3) is 3.57. The van der Waals surface area contributed by atoms with Crippen LogP contribution < -0.4 is 10.2 Å². The summed E-state index contributed by atoms with van der Waals surface area (Å²) in [7, 11) is 0. The highest BCUT2D eigenvalue weighted by Gasteiger charge is 2.24. The van der Waals surface area contributed by atoms with Gasteiger partial charge < -0.3 is 15.0 Å². The van der Waals surface area contributed by atoms with E-state index in [4.69, 9.17) is 4.74 Å². The largest absolute Gasteiger partial charge is 0.377 e. The van der Waals surface area contributed by atoms with Crippen molar-refractivity contribution in [3.05, 3.63) is 10.7 Å². The van der Waals surface area contributed by atoms with Crippen molar-refractivity contribution >= 4 is 27.7 Å². The average Bonchev–Trinajstić information content (AvgIpc) is 2.46. The van der Waals surface area contributed by atoms with E-state index in [1.54, 1.807) is 0 Å². The molecule has 2 rings (SSSR count). The van der Waals surface area contributed by atoms with Crippen LogP contribution in [0.5, 0.6) is 0 Å². The molecule has 1 saturated heterocycles. The van der Waals surface area contributed by atoms with Gasteiger partial charge in [0.1, 0.15) is 5.82 Å². The fourth-order valence-electron chi connectivity index (χ4n) is 2.15. The Labute approximate surface area is 122 Å². The maximum absolute atomic E-state index is 5.54. The molecule has 0 spiro atoms. The van der Waals surface area contributed by atoms with Crippen LogP contribution in [0.2, 0.25) is 0 Å². The van der Waals surface area contributed by atoms with Gasteiger partial charge in [-0.3, -0.25) is 0 Å². The fraction of sp³-hybridized carbons (Fsp3) is 0.692. The summed E-state index contributed by atoms with van der Waals surface area (Å²) in [4.78, 5) is 11.2. The molecule has 1 aromatic heterocycles. The summed E-state index contributed by atoms with van der Waals surface area (Å²) in [5, 5.41) is 3.23. The molecule has 0 bridgehead atoms. The van der Waals surface area contributed by atoms with Crippen molar-refractivity contribution in [1.29, 1.82) is 0 Å². The molecule has 19 heavy (non-hydrogen) atoms. The summed E-state index contributed by atoms with van der Waals surface area (Å²) in [6, 6.07) is 0.388. The lowest BCUT2D eigenvalue weighted by Crippen LogP contribution is -2.45. The highest BCUT2D eigenvalue weighted by atomic mass is 79.9. The van der Waals surface area contributed by atoms with Crippen molar-refractivity contribution < 1.29 is 4.74 Å². The average molecular weight is 329 g/mol. The predicted molar refractivity (Wildman–Crippen MR) is 80.8 cm³/mol. The van der Waals surface area contributed by atoms with E-state index in [0.717, 1.165) is 49.4 Å². The second-order valence-corrected chi connectivity index (χ2v) is 5.48. The molecule has 0 aliphatic carbocycles. The standard InChI is InChI=1S/C13H21BrN4O/c1-3-5-15-13-16-8-11(14)12(17-13)18-6-7-19-9-10(18)4-2/h8,10H,3-7,9H2,1-2H3,(H,15,16,17). The SMILES string of the molecule is CCCNc1ncc(Br)c(N2CCOCC2CC)n1. The quantitative estimate of drug-likeness (QED) is 0.900. The molecule has 5 nitrogen and oxygen atoms in total. The van der Waals surface area contributed by atoms with E-state index in [-0.39, 0.29) is 0 Å². The Balaban J connectivity index is 2.21. The van der Waals surface area contributed by atoms with E-state index in [1.807, 2.05) is 6.20 Å². The first kappa shape index (κ1) is 14.5. The second kappa shape index (κ2) is 7.05. The van der Waals surface area contributed by atoms with Gasteiger partial charge in [0, 0.05) is 19.3 Å². The van der Waals surface area contributed by atoms with Gasteiger partial charge in [-0.1, -0.05) is 13.8 Å². The van der Waals surface area contributed by atoms with Crippen LogP contribution in [0.25, 0.3) is 0 Å². The Morgan fingerprint density at radius 2 is 2.37 bits per heavy atom. The number of morpholine rings is 1. The first-order valence-electron chi connectivity index (χ1n) is 6.87. The lowest BCUT2D eigenvalue weighted by Gasteiger charge is -2.36. The van der Waals surface area contributed by atoms with Gasteiger partial charge in [0.05, 0.1) is 23.7 Å². The Bertz CT molecular complexity index is 416. The number of anilines is 2. The van der Waals surface area contributed by atoms with E-state index in [1.165, 1.54) is 0 Å². The molecule has 1 aliphatic rings. The van der Waals surface area contributed by atoms with E-state index >= 15 is 0 Å². The molecule has 1 atom stereocenters. The Hall–Kier alpha value is -0.880. The number of nitrogens with one attached hydrogen (secondary N) is 1. The number of rotatable bonds is 5. The van der Waals surface area contributed by atoms with E-state index in [9.17, 15) is 0 Å².